The van der Waals surface area contributed by atoms with Gasteiger partial charge in [-0.15, -0.1) is 0 Å². The second-order valence-corrected chi connectivity index (χ2v) is 5.85. The Morgan fingerprint density at radius 2 is 2.05 bits per heavy atom. The van der Waals surface area contributed by atoms with Gasteiger partial charge in [-0.3, -0.25) is 0 Å². The van der Waals surface area contributed by atoms with Crippen molar-refractivity contribution in [1.29, 1.82) is 0 Å². The molecule has 3 atom stereocenters. The van der Waals surface area contributed by atoms with Crippen LogP contribution >= 0.6 is 0 Å². The smallest absolute Gasteiger partial charge is 0.324 e. The Labute approximate surface area is 118 Å². The van der Waals surface area contributed by atoms with Gasteiger partial charge in [-0.05, 0) is 42.4 Å². The van der Waals surface area contributed by atoms with E-state index in [0.29, 0.717) is 17.4 Å². The van der Waals surface area contributed by atoms with Crippen molar-refractivity contribution in [2.24, 2.45) is 17.6 Å². The van der Waals surface area contributed by atoms with E-state index in [0.717, 1.165) is 31.7 Å². The van der Waals surface area contributed by atoms with Crippen molar-refractivity contribution in [2.45, 2.75) is 51.2 Å². The minimum Gasteiger partial charge on any atom is -0.324 e. The Kier molecular flexibility index (Phi) is 4.74. The zero-order valence-electron chi connectivity index (χ0n) is 11.8. The van der Waals surface area contributed by atoms with E-state index < -0.39 is 11.7 Å². The summed E-state index contributed by atoms with van der Waals surface area (Å²) in [6, 6.07) is 5.20. The predicted octanol–water partition coefficient (Wildman–Crippen LogP) is 4.92. The van der Waals surface area contributed by atoms with Crippen molar-refractivity contribution in [3.63, 3.8) is 0 Å². The quantitative estimate of drug-likeness (QED) is 0.838. The van der Waals surface area contributed by atoms with Crippen LogP contribution in [-0.4, -0.2) is 0 Å². The van der Waals surface area contributed by atoms with Crippen molar-refractivity contribution < 1.29 is 13.2 Å². The molecule has 1 nitrogen and oxygen atoms in total. The average molecular weight is 285 g/mol. The highest BCUT2D eigenvalue weighted by atomic mass is 19.4. The fourth-order valence-corrected chi connectivity index (χ4v) is 3.22. The van der Waals surface area contributed by atoms with E-state index in [1.165, 1.54) is 18.6 Å². The third-order valence-corrected chi connectivity index (χ3v) is 4.51. The summed E-state index contributed by atoms with van der Waals surface area (Å²) in [5.41, 5.74) is 6.24. The molecule has 2 rings (SSSR count). The van der Waals surface area contributed by atoms with E-state index in [1.54, 1.807) is 6.07 Å². The number of halogens is 3. The van der Waals surface area contributed by atoms with Gasteiger partial charge in [0.15, 0.2) is 0 Å². The van der Waals surface area contributed by atoms with E-state index in [9.17, 15) is 13.2 Å². The van der Waals surface area contributed by atoms with Gasteiger partial charge in [0.1, 0.15) is 0 Å². The molecule has 4 heteroatoms. The molecule has 3 unspecified atom stereocenters. The Hall–Kier alpha value is -1.03. The molecule has 0 aliphatic heterocycles. The fraction of sp³-hybridized carbons (Fsp3) is 0.625. The summed E-state index contributed by atoms with van der Waals surface area (Å²) in [7, 11) is 0. The summed E-state index contributed by atoms with van der Waals surface area (Å²) in [4.78, 5) is 0. The van der Waals surface area contributed by atoms with Crippen molar-refractivity contribution >= 4 is 0 Å². The van der Waals surface area contributed by atoms with E-state index in [4.69, 9.17) is 5.73 Å². The number of rotatable bonds is 3. The highest BCUT2D eigenvalue weighted by Crippen LogP contribution is 2.38. The Bertz CT molecular complexity index is 442. The van der Waals surface area contributed by atoms with Gasteiger partial charge in [0.25, 0.3) is 0 Å². The Balaban J connectivity index is 2.14. The Morgan fingerprint density at radius 1 is 1.30 bits per heavy atom. The molecule has 1 aromatic carbocycles. The van der Waals surface area contributed by atoms with Gasteiger partial charge in [0, 0.05) is 6.04 Å². The zero-order chi connectivity index (χ0) is 14.8. The van der Waals surface area contributed by atoms with Crippen LogP contribution in [0.15, 0.2) is 24.3 Å². The average Bonchev–Trinajstić information content (AvgIpc) is 2.46. The minimum absolute atomic E-state index is 0.286. The molecule has 112 valence electrons. The molecular formula is C16H22F3N. The molecule has 0 aromatic heterocycles. The molecule has 1 aliphatic carbocycles. The lowest BCUT2D eigenvalue weighted by Gasteiger charge is -2.32. The lowest BCUT2D eigenvalue weighted by Crippen LogP contribution is -2.27. The first kappa shape index (κ1) is 15.4. The van der Waals surface area contributed by atoms with E-state index in [-0.39, 0.29) is 6.04 Å². The van der Waals surface area contributed by atoms with Crippen LogP contribution in [0.3, 0.4) is 0 Å². The lowest BCUT2D eigenvalue weighted by atomic mass is 9.75. The van der Waals surface area contributed by atoms with Gasteiger partial charge < -0.3 is 5.73 Å². The topological polar surface area (TPSA) is 26.0 Å². The summed E-state index contributed by atoms with van der Waals surface area (Å²) in [6.45, 7) is 2.17. The number of hydrogen-bond donors (Lipinski definition) is 1. The maximum atomic E-state index is 12.7. The zero-order valence-corrected chi connectivity index (χ0v) is 11.8. The van der Waals surface area contributed by atoms with Crippen LogP contribution in [0.5, 0.6) is 0 Å². The molecule has 1 aromatic rings. The molecule has 1 saturated carbocycles. The second kappa shape index (κ2) is 6.17. The number of hydrogen-bond acceptors (Lipinski definition) is 1. The molecule has 0 spiro atoms. The SMILES string of the molecule is CCC1CCCC(C(N)c2cccc(C(F)(F)F)c2)C1. The molecule has 0 heterocycles. The minimum atomic E-state index is -4.30. The number of nitrogens with two attached hydrogens (primary N) is 1. The van der Waals surface area contributed by atoms with Crippen LogP contribution in [0.1, 0.15) is 56.2 Å². The molecule has 1 fully saturated rings. The van der Waals surface area contributed by atoms with Gasteiger partial charge in [0.2, 0.25) is 0 Å². The molecule has 0 bridgehead atoms. The first-order chi connectivity index (χ1) is 9.41. The van der Waals surface area contributed by atoms with Gasteiger partial charge >= 0.3 is 6.18 Å². The highest BCUT2D eigenvalue weighted by molar-refractivity contribution is 5.28. The van der Waals surface area contributed by atoms with Gasteiger partial charge in [-0.1, -0.05) is 38.3 Å². The molecule has 1 aliphatic rings. The van der Waals surface area contributed by atoms with Crippen LogP contribution in [0.25, 0.3) is 0 Å². The van der Waals surface area contributed by atoms with Crippen molar-refractivity contribution in [3.8, 4) is 0 Å². The predicted molar refractivity (Wildman–Crippen MR) is 74.1 cm³/mol. The summed E-state index contributed by atoms with van der Waals surface area (Å²) < 4.78 is 38.2. The first-order valence-corrected chi connectivity index (χ1v) is 7.34. The molecule has 2 N–H and O–H groups in total. The third kappa shape index (κ3) is 3.54. The summed E-state index contributed by atoms with van der Waals surface area (Å²) in [5.74, 6) is 0.975. The normalized spacial score (nSPS) is 25.4. The second-order valence-electron chi connectivity index (χ2n) is 5.85. The maximum Gasteiger partial charge on any atom is 0.416 e. The third-order valence-electron chi connectivity index (χ3n) is 4.51. The monoisotopic (exact) mass is 285 g/mol. The maximum absolute atomic E-state index is 12.7. The first-order valence-electron chi connectivity index (χ1n) is 7.34. The van der Waals surface area contributed by atoms with Crippen LogP contribution in [0.4, 0.5) is 13.2 Å². The summed E-state index contributed by atoms with van der Waals surface area (Å²) >= 11 is 0. The van der Waals surface area contributed by atoms with E-state index >= 15 is 0 Å². The van der Waals surface area contributed by atoms with Gasteiger partial charge in [-0.2, -0.15) is 13.2 Å². The lowest BCUT2D eigenvalue weighted by molar-refractivity contribution is -0.137. The summed E-state index contributed by atoms with van der Waals surface area (Å²) in [5, 5.41) is 0. The molecule has 0 radical (unpaired) electrons. The molecule has 0 amide bonds. The number of alkyl halides is 3. The van der Waals surface area contributed by atoms with Crippen LogP contribution in [0.2, 0.25) is 0 Å². The standard InChI is InChI=1S/C16H22F3N/c1-2-11-5-3-6-12(9-11)15(20)13-7-4-8-14(10-13)16(17,18)19/h4,7-8,10-12,15H,2-3,5-6,9,20H2,1H3. The van der Waals surface area contributed by atoms with Crippen molar-refractivity contribution in [1.82, 2.24) is 0 Å². The van der Waals surface area contributed by atoms with E-state index in [2.05, 4.69) is 6.92 Å². The largest absolute Gasteiger partial charge is 0.416 e. The molecule has 20 heavy (non-hydrogen) atoms. The van der Waals surface area contributed by atoms with Crippen molar-refractivity contribution in [3.05, 3.63) is 35.4 Å². The van der Waals surface area contributed by atoms with E-state index in [1.807, 2.05) is 0 Å². The fourth-order valence-electron chi connectivity index (χ4n) is 3.22. The van der Waals surface area contributed by atoms with Crippen LogP contribution in [0, 0.1) is 11.8 Å². The Morgan fingerprint density at radius 3 is 2.70 bits per heavy atom. The van der Waals surface area contributed by atoms with Gasteiger partial charge in [-0.25, -0.2) is 0 Å². The van der Waals surface area contributed by atoms with Gasteiger partial charge in [0.05, 0.1) is 5.56 Å². The van der Waals surface area contributed by atoms with Crippen LogP contribution in [-0.2, 0) is 6.18 Å². The van der Waals surface area contributed by atoms with Crippen LogP contribution < -0.4 is 5.73 Å². The molecular weight excluding hydrogens is 263 g/mol. The number of benzene rings is 1. The highest BCUT2D eigenvalue weighted by Gasteiger charge is 2.32. The summed E-state index contributed by atoms with van der Waals surface area (Å²) in [6.07, 6.45) is 1.25. The van der Waals surface area contributed by atoms with Crippen molar-refractivity contribution in [2.75, 3.05) is 0 Å². The molecule has 0 saturated heterocycles.